The van der Waals surface area contributed by atoms with E-state index in [1.807, 2.05) is 0 Å². The molecule has 4 rings (SSSR count). The summed E-state index contributed by atoms with van der Waals surface area (Å²) in [5.74, 6) is 0.191. The van der Waals surface area contributed by atoms with E-state index in [2.05, 4.69) is 21.5 Å². The molecule has 0 bridgehead atoms. The van der Waals surface area contributed by atoms with Crippen molar-refractivity contribution in [1.29, 1.82) is 5.26 Å². The second-order valence-electron chi connectivity index (χ2n) is 7.87. The number of nitrogens with two attached hydrogens (primary N) is 1. The summed E-state index contributed by atoms with van der Waals surface area (Å²) < 4.78 is 25.7. The van der Waals surface area contributed by atoms with Crippen LogP contribution < -0.4 is 16.6 Å². The fourth-order valence-corrected chi connectivity index (χ4v) is 5.24. The van der Waals surface area contributed by atoms with Crippen molar-refractivity contribution in [3.8, 4) is 6.07 Å². The summed E-state index contributed by atoms with van der Waals surface area (Å²) in [4.78, 5) is 15.5. The molecule has 3 aromatic rings. The van der Waals surface area contributed by atoms with Crippen LogP contribution in [0.4, 0.5) is 11.5 Å². The average molecular weight is 441 g/mol. The van der Waals surface area contributed by atoms with Crippen molar-refractivity contribution < 1.29 is 8.42 Å². The maximum absolute atomic E-state index is 12.6. The number of fused-ring (bicyclic) bond motifs is 1. The van der Waals surface area contributed by atoms with Crippen LogP contribution in [0.3, 0.4) is 0 Å². The van der Waals surface area contributed by atoms with E-state index >= 15 is 0 Å². The summed E-state index contributed by atoms with van der Waals surface area (Å²) in [6.45, 7) is 0.0552. The van der Waals surface area contributed by atoms with E-state index < -0.39 is 9.84 Å². The predicted molar refractivity (Wildman–Crippen MR) is 118 cm³/mol. The number of hydrogen-bond acceptors (Lipinski definition) is 7. The first-order valence-electron chi connectivity index (χ1n) is 10.1. The van der Waals surface area contributed by atoms with Crippen LogP contribution in [0.25, 0.3) is 10.9 Å². The highest BCUT2D eigenvalue weighted by molar-refractivity contribution is 7.90. The fourth-order valence-electron chi connectivity index (χ4n) is 4.31. The molecule has 1 saturated carbocycles. The van der Waals surface area contributed by atoms with Gasteiger partial charge in [-0.1, -0.05) is 12.8 Å². The van der Waals surface area contributed by atoms with Gasteiger partial charge in [0.05, 0.1) is 28.4 Å². The van der Waals surface area contributed by atoms with Gasteiger partial charge in [0.2, 0.25) is 0 Å². The fraction of sp³-hybridized carbons (Fsp3) is 0.381. The van der Waals surface area contributed by atoms with Crippen LogP contribution in [0.1, 0.15) is 37.3 Å². The molecule has 162 valence electrons. The minimum absolute atomic E-state index is 0.0552. The van der Waals surface area contributed by atoms with Crippen LogP contribution >= 0.6 is 0 Å². The summed E-state index contributed by atoms with van der Waals surface area (Å²) in [7, 11) is -3.41. The second-order valence-corrected chi connectivity index (χ2v) is 9.86. The number of rotatable bonds is 5. The summed E-state index contributed by atoms with van der Waals surface area (Å²) in [6, 6.07) is 8.84. The molecule has 9 nitrogen and oxygen atoms in total. The van der Waals surface area contributed by atoms with Crippen molar-refractivity contribution in [2.75, 3.05) is 11.6 Å². The van der Waals surface area contributed by atoms with Gasteiger partial charge in [-0.25, -0.2) is 8.42 Å². The summed E-state index contributed by atoms with van der Waals surface area (Å²) in [5.41, 5.74) is 7.17. The molecular formula is C21H24N6O3S. The third-order valence-corrected chi connectivity index (χ3v) is 6.98. The molecule has 1 aromatic carbocycles. The lowest BCUT2D eigenvalue weighted by Gasteiger charge is -2.27. The van der Waals surface area contributed by atoms with Crippen molar-refractivity contribution in [2.24, 2.45) is 11.7 Å². The molecule has 1 aliphatic rings. The Morgan fingerprint density at radius 3 is 2.81 bits per heavy atom. The van der Waals surface area contributed by atoms with E-state index in [1.54, 1.807) is 29.1 Å². The number of aromatic nitrogens is 3. The number of aromatic amines is 1. The maximum atomic E-state index is 12.6. The molecule has 0 unspecified atom stereocenters. The third kappa shape index (κ3) is 3.94. The van der Waals surface area contributed by atoms with Gasteiger partial charge in [0.15, 0.2) is 15.7 Å². The van der Waals surface area contributed by atoms with Crippen molar-refractivity contribution in [3.05, 3.63) is 46.4 Å². The van der Waals surface area contributed by atoms with Gasteiger partial charge < -0.3 is 16.0 Å². The van der Waals surface area contributed by atoms with Gasteiger partial charge >= 0.3 is 0 Å². The monoisotopic (exact) mass is 440 g/mol. The molecule has 4 N–H and O–H groups in total. The normalized spacial score (nSPS) is 19.3. The number of nitriles is 1. The van der Waals surface area contributed by atoms with Gasteiger partial charge in [0.1, 0.15) is 5.39 Å². The summed E-state index contributed by atoms with van der Waals surface area (Å²) in [6.07, 6.45) is 6.35. The highest BCUT2D eigenvalue weighted by Crippen LogP contribution is 2.36. The maximum Gasteiger partial charge on any atom is 0.261 e. The molecule has 2 aromatic heterocycles. The molecule has 0 aliphatic heterocycles. The lowest BCUT2D eigenvalue weighted by atomic mass is 9.85. The number of sulfone groups is 1. The molecule has 2 heterocycles. The van der Waals surface area contributed by atoms with Crippen molar-refractivity contribution >= 4 is 32.2 Å². The Bertz CT molecular complexity index is 1340. The first-order chi connectivity index (χ1) is 14.8. The quantitative estimate of drug-likeness (QED) is 0.552. The summed E-state index contributed by atoms with van der Waals surface area (Å²) in [5, 5.41) is 17.8. The third-order valence-electron chi connectivity index (χ3n) is 5.78. The number of hydrogen-bond donors (Lipinski definition) is 3. The van der Waals surface area contributed by atoms with Gasteiger partial charge in [0.25, 0.3) is 5.56 Å². The van der Waals surface area contributed by atoms with E-state index in [1.165, 1.54) is 6.07 Å². The molecule has 10 heteroatoms. The first-order valence-corrected chi connectivity index (χ1v) is 12.0. The Balaban J connectivity index is 1.81. The topological polar surface area (TPSA) is 147 Å². The lowest BCUT2D eigenvalue weighted by Crippen LogP contribution is -2.23. The predicted octanol–water partition coefficient (Wildman–Crippen LogP) is 2.59. The Kier molecular flexibility index (Phi) is 5.56. The molecule has 31 heavy (non-hydrogen) atoms. The van der Waals surface area contributed by atoms with Gasteiger partial charge in [-0.05, 0) is 42.7 Å². The molecule has 0 spiro atoms. The highest BCUT2D eigenvalue weighted by Gasteiger charge is 2.30. The van der Waals surface area contributed by atoms with Gasteiger partial charge in [-0.15, -0.1) is 0 Å². The molecule has 0 saturated heterocycles. The van der Waals surface area contributed by atoms with Crippen molar-refractivity contribution in [2.45, 2.75) is 43.2 Å². The molecule has 1 aliphatic carbocycles. The van der Waals surface area contributed by atoms with Crippen LogP contribution in [-0.4, -0.2) is 29.4 Å². The number of nitrogens with one attached hydrogen (secondary N) is 2. The van der Waals surface area contributed by atoms with Gasteiger partial charge in [0, 0.05) is 24.7 Å². The zero-order valence-corrected chi connectivity index (χ0v) is 17.9. The van der Waals surface area contributed by atoms with E-state index in [9.17, 15) is 18.5 Å². The lowest BCUT2D eigenvalue weighted by molar-refractivity contribution is 0.277. The van der Waals surface area contributed by atoms with Crippen LogP contribution in [0.2, 0.25) is 0 Å². The van der Waals surface area contributed by atoms with Crippen molar-refractivity contribution in [3.63, 3.8) is 0 Å². The molecule has 0 amide bonds. The van der Waals surface area contributed by atoms with Crippen molar-refractivity contribution in [1.82, 2.24) is 14.8 Å². The molecule has 1 fully saturated rings. The minimum atomic E-state index is -3.41. The SMILES string of the molecule is CS(=O)(=O)c1ccc(Nc2nn([C@H]3CCCC[C@@H]3C#N)c3cc[nH]c(=O)c23)cc1CN. The Hall–Kier alpha value is -3.16. The van der Waals surface area contributed by atoms with E-state index in [0.29, 0.717) is 28.0 Å². The average Bonchev–Trinajstić information content (AvgIpc) is 3.12. The highest BCUT2D eigenvalue weighted by atomic mass is 32.2. The van der Waals surface area contributed by atoms with E-state index in [4.69, 9.17) is 5.73 Å². The van der Waals surface area contributed by atoms with E-state index in [-0.39, 0.29) is 29.0 Å². The number of anilines is 2. The molecule has 0 radical (unpaired) electrons. The largest absolute Gasteiger partial charge is 0.338 e. The smallest absolute Gasteiger partial charge is 0.261 e. The first kappa shape index (κ1) is 21.1. The number of pyridine rings is 1. The number of H-pyrrole nitrogens is 1. The molecule has 2 atom stereocenters. The van der Waals surface area contributed by atoms with Crippen LogP contribution in [0.15, 0.2) is 40.2 Å². The minimum Gasteiger partial charge on any atom is -0.338 e. The number of benzene rings is 1. The Morgan fingerprint density at radius 2 is 2.10 bits per heavy atom. The number of nitrogens with zero attached hydrogens (tertiary/aromatic N) is 3. The van der Waals surface area contributed by atoms with Crippen LogP contribution in [0.5, 0.6) is 0 Å². The molecular weight excluding hydrogens is 416 g/mol. The van der Waals surface area contributed by atoms with Crippen LogP contribution in [-0.2, 0) is 16.4 Å². The second kappa shape index (κ2) is 8.17. The Labute approximate surface area is 179 Å². The standard InChI is InChI=1S/C21H24N6O3S/c1-31(29,30)18-7-6-15(10-14(18)12-23)25-20-19-17(8-9-24-21(19)28)27(26-20)16-5-3-2-4-13(16)11-22/h6-10,13,16H,2-5,12,23H2,1H3,(H,24,28)(H,25,26)/t13-,16+/m1/s1. The summed E-state index contributed by atoms with van der Waals surface area (Å²) >= 11 is 0. The zero-order valence-electron chi connectivity index (χ0n) is 17.1. The van der Waals surface area contributed by atoms with Gasteiger partial charge in [-0.2, -0.15) is 10.4 Å². The van der Waals surface area contributed by atoms with Crippen LogP contribution in [0, 0.1) is 17.2 Å². The zero-order chi connectivity index (χ0) is 22.2. The van der Waals surface area contributed by atoms with Gasteiger partial charge in [-0.3, -0.25) is 9.48 Å². The van der Waals surface area contributed by atoms with E-state index in [0.717, 1.165) is 31.9 Å². The Morgan fingerprint density at radius 1 is 1.32 bits per heavy atom.